The van der Waals surface area contributed by atoms with E-state index in [1.54, 1.807) is 24.1 Å². The largest absolute Gasteiger partial charge is 0.464 e. The molecule has 0 aliphatic heterocycles. The molecule has 24 heavy (non-hydrogen) atoms. The van der Waals surface area contributed by atoms with Crippen LogP contribution in [0.15, 0.2) is 34.9 Å². The average Bonchev–Trinajstić information content (AvgIpc) is 3.13. The molecule has 0 aromatic carbocycles. The first-order chi connectivity index (χ1) is 11.6. The van der Waals surface area contributed by atoms with Crippen molar-refractivity contribution in [1.82, 2.24) is 10.3 Å². The lowest BCUT2D eigenvalue weighted by Gasteiger charge is -2.17. The van der Waals surface area contributed by atoms with Gasteiger partial charge in [0.15, 0.2) is 0 Å². The number of furan rings is 1. The SMILES string of the molecule is C[C@H]1C[C@@H]1c1ccc(CNC(=O)CN(C)c2ccc(C#N)cn2)o1. The van der Waals surface area contributed by atoms with Crippen LogP contribution in [-0.2, 0) is 11.3 Å². The number of nitrogens with one attached hydrogen (secondary N) is 1. The summed E-state index contributed by atoms with van der Waals surface area (Å²) < 4.78 is 5.77. The molecule has 3 rings (SSSR count). The molecular weight excluding hydrogens is 304 g/mol. The van der Waals surface area contributed by atoms with Crippen molar-refractivity contribution in [2.45, 2.75) is 25.8 Å². The molecule has 1 aliphatic rings. The second-order valence-corrected chi connectivity index (χ2v) is 6.27. The van der Waals surface area contributed by atoms with Crippen LogP contribution in [0.1, 0.15) is 36.3 Å². The van der Waals surface area contributed by atoms with Crippen molar-refractivity contribution in [3.05, 3.63) is 47.5 Å². The highest BCUT2D eigenvalue weighted by Crippen LogP contribution is 2.47. The third-order valence-electron chi connectivity index (χ3n) is 4.27. The summed E-state index contributed by atoms with van der Waals surface area (Å²) in [5, 5.41) is 11.6. The van der Waals surface area contributed by atoms with Gasteiger partial charge in [0.1, 0.15) is 23.4 Å². The van der Waals surface area contributed by atoms with Gasteiger partial charge in [-0.25, -0.2) is 4.98 Å². The number of likely N-dealkylation sites (N-methyl/N-ethyl adjacent to an activating group) is 1. The molecule has 2 heterocycles. The first-order valence-corrected chi connectivity index (χ1v) is 7.99. The Morgan fingerprint density at radius 3 is 2.88 bits per heavy atom. The number of carbonyl (C=O) groups excluding carboxylic acids is 1. The zero-order valence-corrected chi connectivity index (χ0v) is 13.8. The van der Waals surface area contributed by atoms with E-state index in [4.69, 9.17) is 9.68 Å². The maximum Gasteiger partial charge on any atom is 0.239 e. The fourth-order valence-corrected chi connectivity index (χ4v) is 2.62. The summed E-state index contributed by atoms with van der Waals surface area (Å²) in [5.74, 6) is 3.58. The van der Waals surface area contributed by atoms with Gasteiger partial charge in [0, 0.05) is 19.2 Å². The van der Waals surface area contributed by atoms with Gasteiger partial charge in [-0.05, 0) is 36.6 Å². The number of hydrogen-bond donors (Lipinski definition) is 1. The minimum atomic E-state index is -0.110. The van der Waals surface area contributed by atoms with Crippen molar-refractivity contribution < 1.29 is 9.21 Å². The van der Waals surface area contributed by atoms with E-state index >= 15 is 0 Å². The fraction of sp³-hybridized carbons (Fsp3) is 0.389. The summed E-state index contributed by atoms with van der Waals surface area (Å²) in [6, 6.07) is 9.35. The lowest BCUT2D eigenvalue weighted by Crippen LogP contribution is -2.35. The third kappa shape index (κ3) is 3.74. The van der Waals surface area contributed by atoms with Crippen molar-refractivity contribution in [1.29, 1.82) is 5.26 Å². The Morgan fingerprint density at radius 2 is 2.25 bits per heavy atom. The van der Waals surface area contributed by atoms with Crippen molar-refractivity contribution >= 4 is 11.7 Å². The molecule has 1 aliphatic carbocycles. The topological polar surface area (TPSA) is 82.2 Å². The molecular formula is C18H20N4O2. The lowest BCUT2D eigenvalue weighted by atomic mass is 10.3. The first kappa shape index (κ1) is 16.1. The van der Waals surface area contributed by atoms with Crippen LogP contribution in [0.3, 0.4) is 0 Å². The Kier molecular flexibility index (Phi) is 4.52. The van der Waals surface area contributed by atoms with Gasteiger partial charge in [0.05, 0.1) is 18.7 Å². The van der Waals surface area contributed by atoms with Crippen LogP contribution in [0.2, 0.25) is 0 Å². The second-order valence-electron chi connectivity index (χ2n) is 6.27. The molecule has 6 heteroatoms. The van der Waals surface area contributed by atoms with Crippen molar-refractivity contribution in [3.8, 4) is 6.07 Å². The Hall–Kier alpha value is -2.81. The number of rotatable bonds is 6. The van der Waals surface area contributed by atoms with Crippen molar-refractivity contribution in [3.63, 3.8) is 0 Å². The van der Waals surface area contributed by atoms with E-state index in [1.165, 1.54) is 12.6 Å². The number of nitriles is 1. The number of amides is 1. The molecule has 1 saturated carbocycles. The van der Waals surface area contributed by atoms with Gasteiger partial charge >= 0.3 is 0 Å². The molecule has 0 spiro atoms. The Morgan fingerprint density at radius 1 is 1.46 bits per heavy atom. The van der Waals surface area contributed by atoms with Crippen LogP contribution in [0, 0.1) is 17.2 Å². The summed E-state index contributed by atoms with van der Waals surface area (Å²) >= 11 is 0. The molecule has 1 N–H and O–H groups in total. The molecule has 0 unspecified atom stereocenters. The highest BCUT2D eigenvalue weighted by atomic mass is 16.3. The Bertz CT molecular complexity index is 760. The highest BCUT2D eigenvalue weighted by Gasteiger charge is 2.36. The van der Waals surface area contributed by atoms with Gasteiger partial charge in [-0.1, -0.05) is 6.92 Å². The van der Waals surface area contributed by atoms with Crippen molar-refractivity contribution in [2.24, 2.45) is 5.92 Å². The standard InChI is InChI=1S/C18H20N4O2/c1-12-7-15(12)16-5-4-14(24-16)10-21-18(23)11-22(2)17-6-3-13(8-19)9-20-17/h3-6,9,12,15H,7,10-11H2,1-2H3,(H,21,23)/t12-,15-/m0/s1. The number of hydrogen-bond acceptors (Lipinski definition) is 5. The molecule has 124 valence electrons. The molecule has 6 nitrogen and oxygen atoms in total. The predicted octanol–water partition coefficient (Wildman–Crippen LogP) is 2.42. The molecule has 2 atom stereocenters. The van der Waals surface area contributed by atoms with E-state index in [2.05, 4.69) is 17.2 Å². The normalized spacial score (nSPS) is 18.7. The third-order valence-corrected chi connectivity index (χ3v) is 4.27. The molecule has 1 amide bonds. The van der Waals surface area contributed by atoms with Gasteiger partial charge < -0.3 is 14.6 Å². The van der Waals surface area contributed by atoms with Crippen LogP contribution >= 0.6 is 0 Å². The lowest BCUT2D eigenvalue weighted by molar-refractivity contribution is -0.120. The monoisotopic (exact) mass is 324 g/mol. The van der Waals surface area contributed by atoms with E-state index in [0.717, 1.165) is 11.5 Å². The van der Waals surface area contributed by atoms with E-state index < -0.39 is 0 Å². The number of carbonyl (C=O) groups is 1. The minimum absolute atomic E-state index is 0.110. The number of pyridine rings is 1. The maximum atomic E-state index is 12.1. The van der Waals surface area contributed by atoms with Crippen LogP contribution < -0.4 is 10.2 Å². The molecule has 0 saturated heterocycles. The quantitative estimate of drug-likeness (QED) is 0.882. The molecule has 2 aromatic rings. The van der Waals surface area contributed by atoms with Crippen LogP contribution in [0.25, 0.3) is 0 Å². The Balaban J connectivity index is 1.48. The smallest absolute Gasteiger partial charge is 0.239 e. The summed E-state index contributed by atoms with van der Waals surface area (Å²) in [5.41, 5.74) is 0.496. The molecule has 2 aromatic heterocycles. The summed E-state index contributed by atoms with van der Waals surface area (Å²) in [7, 11) is 1.79. The zero-order valence-electron chi connectivity index (χ0n) is 13.8. The molecule has 1 fully saturated rings. The molecule has 0 bridgehead atoms. The summed E-state index contributed by atoms with van der Waals surface area (Å²) in [4.78, 5) is 17.9. The van der Waals surface area contributed by atoms with Gasteiger partial charge in [-0.15, -0.1) is 0 Å². The average molecular weight is 324 g/mol. The minimum Gasteiger partial charge on any atom is -0.464 e. The Labute approximate surface area is 141 Å². The zero-order chi connectivity index (χ0) is 17.1. The number of anilines is 1. The number of aromatic nitrogens is 1. The number of nitrogens with zero attached hydrogens (tertiary/aromatic N) is 3. The van der Waals surface area contributed by atoms with Gasteiger partial charge in [-0.2, -0.15) is 5.26 Å². The maximum absolute atomic E-state index is 12.1. The van der Waals surface area contributed by atoms with E-state index in [0.29, 0.717) is 29.8 Å². The predicted molar refractivity (Wildman–Crippen MR) is 89.3 cm³/mol. The van der Waals surface area contributed by atoms with E-state index in [1.807, 2.05) is 18.2 Å². The van der Waals surface area contributed by atoms with Gasteiger partial charge in [-0.3, -0.25) is 4.79 Å². The van der Waals surface area contributed by atoms with Gasteiger partial charge in [0.2, 0.25) is 5.91 Å². The second kappa shape index (κ2) is 6.75. The summed E-state index contributed by atoms with van der Waals surface area (Å²) in [6.07, 6.45) is 2.68. The fourth-order valence-electron chi connectivity index (χ4n) is 2.62. The van der Waals surface area contributed by atoms with Crippen LogP contribution in [0.5, 0.6) is 0 Å². The van der Waals surface area contributed by atoms with Crippen LogP contribution in [-0.4, -0.2) is 24.5 Å². The highest BCUT2D eigenvalue weighted by molar-refractivity contribution is 5.80. The molecule has 0 radical (unpaired) electrons. The first-order valence-electron chi connectivity index (χ1n) is 7.99. The van der Waals surface area contributed by atoms with Gasteiger partial charge in [0.25, 0.3) is 0 Å². The summed E-state index contributed by atoms with van der Waals surface area (Å²) in [6.45, 7) is 2.78. The van der Waals surface area contributed by atoms with Crippen molar-refractivity contribution in [2.75, 3.05) is 18.5 Å². The van der Waals surface area contributed by atoms with Crippen LogP contribution in [0.4, 0.5) is 5.82 Å². The van der Waals surface area contributed by atoms with E-state index in [-0.39, 0.29) is 12.5 Å². The van der Waals surface area contributed by atoms with E-state index in [9.17, 15) is 4.79 Å².